The highest BCUT2D eigenvalue weighted by atomic mass is 16.6. The second-order valence-corrected chi connectivity index (χ2v) is 6.05. The maximum Gasteiger partial charge on any atom is 0.104 e. The van der Waals surface area contributed by atoms with Gasteiger partial charge in [-0.25, -0.2) is 0 Å². The van der Waals surface area contributed by atoms with Gasteiger partial charge in [-0.15, -0.1) is 0 Å². The van der Waals surface area contributed by atoms with Gasteiger partial charge in [0.2, 0.25) is 0 Å². The molecule has 0 saturated carbocycles. The Kier molecular flexibility index (Phi) is 13.4. The van der Waals surface area contributed by atoms with E-state index in [4.69, 9.17) is 18.9 Å². The molecule has 0 radical (unpaired) electrons. The van der Waals surface area contributed by atoms with E-state index in [1.807, 2.05) is 72.8 Å². The summed E-state index contributed by atoms with van der Waals surface area (Å²) in [5.41, 5.74) is 2.35. The molecular weight excluding hydrogens is 352 g/mol. The molecule has 2 aromatic carbocycles. The summed E-state index contributed by atoms with van der Waals surface area (Å²) in [5.74, 6) is 0. The Labute approximate surface area is 169 Å². The SMILES string of the molecule is C=Cc1ccccc1.C=Cc1ccccc1.COCC1CO1.COCC1CO1. The molecule has 2 heterocycles. The lowest BCUT2D eigenvalue weighted by Gasteiger charge is -1.85. The molecule has 2 unspecified atom stereocenters. The van der Waals surface area contributed by atoms with Crippen molar-refractivity contribution in [3.8, 4) is 0 Å². The summed E-state index contributed by atoms with van der Waals surface area (Å²) in [7, 11) is 3.36. The number of methoxy groups -OCH3 is 2. The lowest BCUT2D eigenvalue weighted by molar-refractivity contribution is 0.171. The van der Waals surface area contributed by atoms with Gasteiger partial charge < -0.3 is 18.9 Å². The molecule has 2 aliphatic heterocycles. The number of epoxide rings is 2. The van der Waals surface area contributed by atoms with Gasteiger partial charge in [-0.2, -0.15) is 0 Å². The van der Waals surface area contributed by atoms with Crippen LogP contribution in [0.15, 0.2) is 73.8 Å². The fraction of sp³-hybridized carbons (Fsp3) is 0.333. The van der Waals surface area contributed by atoms with Crippen molar-refractivity contribution in [3.63, 3.8) is 0 Å². The smallest absolute Gasteiger partial charge is 0.104 e. The van der Waals surface area contributed by atoms with E-state index in [0.717, 1.165) is 26.4 Å². The summed E-state index contributed by atoms with van der Waals surface area (Å²) in [5, 5.41) is 0. The molecule has 28 heavy (non-hydrogen) atoms. The molecule has 2 atom stereocenters. The molecule has 2 aliphatic rings. The third-order valence-electron chi connectivity index (χ3n) is 3.58. The highest BCUT2D eigenvalue weighted by Gasteiger charge is 2.21. The van der Waals surface area contributed by atoms with Gasteiger partial charge in [-0.1, -0.05) is 86.0 Å². The average Bonchev–Trinajstić information content (AvgIpc) is 3.68. The molecule has 4 rings (SSSR count). The largest absolute Gasteiger partial charge is 0.382 e. The molecule has 0 bridgehead atoms. The van der Waals surface area contributed by atoms with Crippen molar-refractivity contribution in [1.29, 1.82) is 0 Å². The molecule has 2 aromatic rings. The minimum absolute atomic E-state index is 0.426. The first-order chi connectivity index (χ1) is 13.7. The van der Waals surface area contributed by atoms with Crippen molar-refractivity contribution in [2.45, 2.75) is 12.2 Å². The summed E-state index contributed by atoms with van der Waals surface area (Å²) < 4.78 is 19.1. The van der Waals surface area contributed by atoms with Gasteiger partial charge in [0.1, 0.15) is 12.2 Å². The number of hydrogen-bond acceptors (Lipinski definition) is 4. The topological polar surface area (TPSA) is 43.5 Å². The van der Waals surface area contributed by atoms with Gasteiger partial charge in [0.15, 0.2) is 0 Å². The Hall–Kier alpha value is -2.24. The number of benzene rings is 2. The lowest BCUT2D eigenvalue weighted by atomic mass is 10.2. The molecule has 4 nitrogen and oxygen atoms in total. The summed E-state index contributed by atoms with van der Waals surface area (Å²) in [6, 6.07) is 20.1. The van der Waals surface area contributed by atoms with Crippen LogP contribution in [0.1, 0.15) is 11.1 Å². The van der Waals surface area contributed by atoms with Crippen molar-refractivity contribution in [2.24, 2.45) is 0 Å². The second kappa shape index (κ2) is 15.8. The van der Waals surface area contributed by atoms with Crippen LogP contribution in [0, 0.1) is 0 Å². The minimum Gasteiger partial charge on any atom is -0.382 e. The van der Waals surface area contributed by atoms with E-state index in [1.165, 1.54) is 11.1 Å². The Balaban J connectivity index is 0.000000188. The Bertz CT molecular complexity index is 562. The van der Waals surface area contributed by atoms with E-state index in [0.29, 0.717) is 12.2 Å². The van der Waals surface area contributed by atoms with Crippen LogP contribution in [0.2, 0.25) is 0 Å². The number of hydrogen-bond donors (Lipinski definition) is 0. The Morgan fingerprint density at radius 1 is 0.750 bits per heavy atom. The maximum absolute atomic E-state index is 4.82. The molecule has 2 fully saturated rings. The van der Waals surface area contributed by atoms with Crippen LogP contribution >= 0.6 is 0 Å². The van der Waals surface area contributed by atoms with E-state index in [2.05, 4.69) is 13.2 Å². The van der Waals surface area contributed by atoms with E-state index in [1.54, 1.807) is 14.2 Å². The van der Waals surface area contributed by atoms with Crippen LogP contribution in [-0.2, 0) is 18.9 Å². The standard InChI is InChI=1S/2C8H8.2C4H8O2/c2*1-2-8-6-4-3-5-7-8;2*1-5-2-4-3-6-4/h2*2-7H,1H2;2*4H,2-3H2,1H3. The first-order valence-electron chi connectivity index (χ1n) is 9.29. The van der Waals surface area contributed by atoms with Crippen LogP contribution < -0.4 is 0 Å². The van der Waals surface area contributed by atoms with E-state index in [9.17, 15) is 0 Å². The van der Waals surface area contributed by atoms with E-state index in [-0.39, 0.29) is 0 Å². The van der Waals surface area contributed by atoms with Crippen molar-refractivity contribution in [2.75, 3.05) is 40.6 Å². The average molecular weight is 385 g/mol. The van der Waals surface area contributed by atoms with Crippen molar-refractivity contribution < 1.29 is 18.9 Å². The molecule has 152 valence electrons. The number of rotatable bonds is 6. The molecule has 4 heteroatoms. The number of ether oxygens (including phenoxy) is 4. The monoisotopic (exact) mass is 384 g/mol. The molecular formula is C24H32O4. The summed E-state index contributed by atoms with van der Waals surface area (Å²) in [6.07, 6.45) is 4.52. The quantitative estimate of drug-likeness (QED) is 0.676. The first-order valence-corrected chi connectivity index (χ1v) is 9.29. The second-order valence-electron chi connectivity index (χ2n) is 6.05. The van der Waals surface area contributed by atoms with Crippen LogP contribution in [0.5, 0.6) is 0 Å². The van der Waals surface area contributed by atoms with Crippen LogP contribution in [0.4, 0.5) is 0 Å². The Morgan fingerprint density at radius 2 is 1.07 bits per heavy atom. The fourth-order valence-electron chi connectivity index (χ4n) is 1.88. The first kappa shape index (κ1) is 23.8. The summed E-state index contributed by atoms with van der Waals surface area (Å²) in [4.78, 5) is 0. The normalized spacial score (nSPS) is 17.9. The summed E-state index contributed by atoms with van der Waals surface area (Å²) in [6.45, 7) is 10.6. The highest BCUT2D eigenvalue weighted by molar-refractivity contribution is 5.46. The van der Waals surface area contributed by atoms with Gasteiger partial charge in [-0.3, -0.25) is 0 Å². The maximum atomic E-state index is 4.82. The zero-order valence-electron chi connectivity index (χ0n) is 17.0. The zero-order chi connectivity index (χ0) is 20.5. The van der Waals surface area contributed by atoms with Gasteiger partial charge in [0.25, 0.3) is 0 Å². The molecule has 0 aromatic heterocycles. The molecule has 2 saturated heterocycles. The van der Waals surface area contributed by atoms with Crippen molar-refractivity contribution in [1.82, 2.24) is 0 Å². The van der Waals surface area contributed by atoms with E-state index < -0.39 is 0 Å². The summed E-state index contributed by atoms with van der Waals surface area (Å²) >= 11 is 0. The van der Waals surface area contributed by atoms with Gasteiger partial charge in [-0.05, 0) is 11.1 Å². The molecule has 0 aliphatic carbocycles. The third kappa shape index (κ3) is 13.9. The van der Waals surface area contributed by atoms with Crippen LogP contribution in [0.3, 0.4) is 0 Å². The fourth-order valence-corrected chi connectivity index (χ4v) is 1.88. The third-order valence-corrected chi connectivity index (χ3v) is 3.58. The lowest BCUT2D eigenvalue weighted by Crippen LogP contribution is -1.94. The molecule has 0 N–H and O–H groups in total. The Morgan fingerprint density at radius 3 is 1.21 bits per heavy atom. The van der Waals surface area contributed by atoms with Gasteiger partial charge in [0.05, 0.1) is 26.4 Å². The highest BCUT2D eigenvalue weighted by Crippen LogP contribution is 2.07. The van der Waals surface area contributed by atoms with Crippen molar-refractivity contribution in [3.05, 3.63) is 84.9 Å². The predicted octanol–water partition coefficient (Wildman–Crippen LogP) is 4.72. The van der Waals surface area contributed by atoms with Crippen LogP contribution in [-0.4, -0.2) is 52.9 Å². The molecule has 0 spiro atoms. The van der Waals surface area contributed by atoms with Gasteiger partial charge >= 0.3 is 0 Å². The minimum atomic E-state index is 0.426. The van der Waals surface area contributed by atoms with E-state index >= 15 is 0 Å². The van der Waals surface area contributed by atoms with Crippen molar-refractivity contribution >= 4 is 12.2 Å². The van der Waals surface area contributed by atoms with Crippen LogP contribution in [0.25, 0.3) is 12.2 Å². The molecule has 0 amide bonds. The van der Waals surface area contributed by atoms with Gasteiger partial charge in [0, 0.05) is 14.2 Å². The zero-order valence-corrected chi connectivity index (χ0v) is 17.0. The predicted molar refractivity (Wildman–Crippen MR) is 116 cm³/mol.